The summed E-state index contributed by atoms with van der Waals surface area (Å²) in [5.41, 5.74) is 1.22. The molecule has 1 unspecified atom stereocenters. The molecule has 1 aromatic heterocycles. The van der Waals surface area contributed by atoms with Crippen molar-refractivity contribution >= 4 is 5.96 Å². The Bertz CT molecular complexity index is 704. The molecular weight excluding hydrogens is 300 g/mol. The van der Waals surface area contributed by atoms with E-state index in [0.717, 1.165) is 37.0 Å². The highest BCUT2D eigenvalue weighted by Gasteiger charge is 2.17. The number of aliphatic imine (C=N–C) groups is 1. The highest BCUT2D eigenvalue weighted by atomic mass is 15.3. The Kier molecular flexibility index (Phi) is 5.25. The van der Waals surface area contributed by atoms with Crippen LogP contribution in [0.5, 0.6) is 0 Å². The number of nitrogens with one attached hydrogen (secondary N) is 2. The van der Waals surface area contributed by atoms with Crippen LogP contribution in [-0.2, 0) is 19.5 Å². The largest absolute Gasteiger partial charge is 0.353 e. The van der Waals surface area contributed by atoms with Gasteiger partial charge in [0, 0.05) is 19.5 Å². The molecule has 6 heteroatoms. The molecule has 3 rings (SSSR count). The first-order valence-corrected chi connectivity index (χ1v) is 8.39. The van der Waals surface area contributed by atoms with E-state index in [9.17, 15) is 0 Å². The Labute approximate surface area is 142 Å². The molecule has 1 aliphatic heterocycles. The first kappa shape index (κ1) is 16.2. The molecule has 24 heavy (non-hydrogen) atoms. The summed E-state index contributed by atoms with van der Waals surface area (Å²) in [5.74, 6) is 2.75. The molecule has 6 nitrogen and oxygen atoms in total. The van der Waals surface area contributed by atoms with Gasteiger partial charge in [-0.25, -0.2) is 4.99 Å². The molecule has 0 amide bonds. The van der Waals surface area contributed by atoms with E-state index in [1.54, 1.807) is 0 Å². The molecule has 0 saturated heterocycles. The van der Waals surface area contributed by atoms with Crippen molar-refractivity contribution in [1.82, 2.24) is 25.4 Å². The van der Waals surface area contributed by atoms with Crippen LogP contribution in [0.15, 0.2) is 48.0 Å². The zero-order valence-corrected chi connectivity index (χ0v) is 14.1. The minimum atomic E-state index is 0.159. The first-order chi connectivity index (χ1) is 11.8. The number of aryl methyl sites for hydroxylation is 1. The second kappa shape index (κ2) is 7.77. The molecule has 0 radical (unpaired) electrons. The highest BCUT2D eigenvalue weighted by Crippen LogP contribution is 2.15. The smallest absolute Gasteiger partial charge is 0.192 e. The number of rotatable bonds is 6. The molecule has 0 fully saturated rings. The van der Waals surface area contributed by atoms with Crippen LogP contribution >= 0.6 is 0 Å². The minimum Gasteiger partial charge on any atom is -0.353 e. The number of fused-ring (bicyclic) bond motifs is 1. The second-order valence-corrected chi connectivity index (χ2v) is 5.90. The molecule has 1 aliphatic rings. The quantitative estimate of drug-likeness (QED) is 0.486. The predicted octanol–water partition coefficient (Wildman–Crippen LogP) is 2.21. The van der Waals surface area contributed by atoms with Crippen LogP contribution in [0.3, 0.4) is 0 Å². The van der Waals surface area contributed by atoms with E-state index in [0.29, 0.717) is 13.1 Å². The molecular formula is C18H24N6. The monoisotopic (exact) mass is 324 g/mol. The van der Waals surface area contributed by atoms with Gasteiger partial charge in [0.05, 0.1) is 6.04 Å². The summed E-state index contributed by atoms with van der Waals surface area (Å²) >= 11 is 0. The van der Waals surface area contributed by atoms with Gasteiger partial charge in [-0.05, 0) is 18.9 Å². The summed E-state index contributed by atoms with van der Waals surface area (Å²) in [6.07, 6.45) is 3.98. The van der Waals surface area contributed by atoms with Crippen LogP contribution in [0.1, 0.15) is 36.6 Å². The lowest BCUT2D eigenvalue weighted by Crippen LogP contribution is -2.39. The lowest BCUT2D eigenvalue weighted by molar-refractivity contribution is 0.670. The van der Waals surface area contributed by atoms with Crippen LogP contribution in [-0.4, -0.2) is 27.3 Å². The van der Waals surface area contributed by atoms with E-state index in [4.69, 9.17) is 0 Å². The average Bonchev–Trinajstić information content (AvgIpc) is 3.22. The number of nitrogens with zero attached hydrogens (tertiary/aromatic N) is 4. The fraction of sp³-hybridized carbons (Fsp3) is 0.389. The number of hydrogen-bond acceptors (Lipinski definition) is 3. The summed E-state index contributed by atoms with van der Waals surface area (Å²) < 4.78 is 2.18. The van der Waals surface area contributed by atoms with Gasteiger partial charge < -0.3 is 15.2 Å². The first-order valence-electron chi connectivity index (χ1n) is 8.39. The Morgan fingerprint density at radius 3 is 3.00 bits per heavy atom. The fourth-order valence-corrected chi connectivity index (χ4v) is 2.83. The van der Waals surface area contributed by atoms with Crippen molar-refractivity contribution in [1.29, 1.82) is 0 Å². The minimum absolute atomic E-state index is 0.159. The number of guanidine groups is 1. The summed E-state index contributed by atoms with van der Waals surface area (Å²) in [5, 5.41) is 15.2. The van der Waals surface area contributed by atoms with Gasteiger partial charge in [-0.1, -0.05) is 36.4 Å². The maximum absolute atomic E-state index is 4.67. The van der Waals surface area contributed by atoms with Crippen molar-refractivity contribution in [3.63, 3.8) is 0 Å². The van der Waals surface area contributed by atoms with Crippen molar-refractivity contribution in [2.24, 2.45) is 4.99 Å². The molecule has 126 valence electrons. The van der Waals surface area contributed by atoms with E-state index in [1.165, 1.54) is 5.56 Å². The van der Waals surface area contributed by atoms with E-state index >= 15 is 0 Å². The van der Waals surface area contributed by atoms with Crippen molar-refractivity contribution in [2.75, 3.05) is 6.54 Å². The van der Waals surface area contributed by atoms with Crippen LogP contribution in [0.4, 0.5) is 0 Å². The average molecular weight is 324 g/mol. The number of hydrogen-bond donors (Lipinski definition) is 2. The Morgan fingerprint density at radius 1 is 1.38 bits per heavy atom. The van der Waals surface area contributed by atoms with Gasteiger partial charge in [0.1, 0.15) is 12.4 Å². The molecule has 0 saturated carbocycles. The van der Waals surface area contributed by atoms with Gasteiger partial charge in [0.15, 0.2) is 11.8 Å². The fourth-order valence-electron chi connectivity index (χ4n) is 2.83. The normalized spacial score (nSPS) is 15.0. The third kappa shape index (κ3) is 3.82. The SMILES string of the molecule is C=CCNC(=NCc1nnc2n1CCC2)NC(C)c1ccccc1. The summed E-state index contributed by atoms with van der Waals surface area (Å²) in [6, 6.07) is 10.5. The molecule has 2 heterocycles. The maximum atomic E-state index is 4.67. The van der Waals surface area contributed by atoms with Crippen molar-refractivity contribution in [3.05, 3.63) is 60.2 Å². The van der Waals surface area contributed by atoms with Crippen molar-refractivity contribution < 1.29 is 0 Å². The predicted molar refractivity (Wildman–Crippen MR) is 95.7 cm³/mol. The lowest BCUT2D eigenvalue weighted by atomic mass is 10.1. The third-order valence-electron chi connectivity index (χ3n) is 4.13. The Hall–Kier alpha value is -2.63. The maximum Gasteiger partial charge on any atom is 0.192 e. The van der Waals surface area contributed by atoms with Gasteiger partial charge in [-0.15, -0.1) is 16.8 Å². The summed E-state index contributed by atoms with van der Waals surface area (Å²) in [6.45, 7) is 8.05. The summed E-state index contributed by atoms with van der Waals surface area (Å²) in [7, 11) is 0. The molecule has 1 aromatic carbocycles. The van der Waals surface area contributed by atoms with Gasteiger partial charge in [-0.2, -0.15) is 0 Å². The van der Waals surface area contributed by atoms with Gasteiger partial charge in [0.25, 0.3) is 0 Å². The third-order valence-corrected chi connectivity index (χ3v) is 4.13. The van der Waals surface area contributed by atoms with Crippen LogP contribution < -0.4 is 10.6 Å². The Balaban J connectivity index is 1.69. The van der Waals surface area contributed by atoms with E-state index in [2.05, 4.69) is 56.0 Å². The van der Waals surface area contributed by atoms with Crippen LogP contribution in [0, 0.1) is 0 Å². The molecule has 0 spiro atoms. The number of benzene rings is 1. The van der Waals surface area contributed by atoms with E-state index in [1.807, 2.05) is 24.3 Å². The lowest BCUT2D eigenvalue weighted by Gasteiger charge is -2.18. The topological polar surface area (TPSA) is 67.1 Å². The number of aromatic nitrogens is 3. The second-order valence-electron chi connectivity index (χ2n) is 5.90. The highest BCUT2D eigenvalue weighted by molar-refractivity contribution is 5.80. The molecule has 1 atom stereocenters. The van der Waals surface area contributed by atoms with Crippen LogP contribution in [0.25, 0.3) is 0 Å². The standard InChI is InChI=1S/C18H24N6/c1-3-11-19-18(21-14(2)15-8-5-4-6-9-15)20-13-17-23-22-16-10-7-12-24(16)17/h3-6,8-9,14H,1,7,10-13H2,2H3,(H2,19,20,21). The molecule has 2 aromatic rings. The zero-order valence-electron chi connectivity index (χ0n) is 14.1. The molecule has 0 bridgehead atoms. The van der Waals surface area contributed by atoms with E-state index < -0.39 is 0 Å². The van der Waals surface area contributed by atoms with Crippen molar-refractivity contribution in [2.45, 2.75) is 38.9 Å². The van der Waals surface area contributed by atoms with Gasteiger partial charge >= 0.3 is 0 Å². The molecule has 0 aliphatic carbocycles. The summed E-state index contributed by atoms with van der Waals surface area (Å²) in [4.78, 5) is 4.67. The van der Waals surface area contributed by atoms with Crippen LogP contribution in [0.2, 0.25) is 0 Å². The van der Waals surface area contributed by atoms with Crippen molar-refractivity contribution in [3.8, 4) is 0 Å². The zero-order chi connectivity index (χ0) is 16.8. The molecule has 2 N–H and O–H groups in total. The Morgan fingerprint density at radius 2 is 2.21 bits per heavy atom. The van der Waals surface area contributed by atoms with E-state index in [-0.39, 0.29) is 6.04 Å². The van der Waals surface area contributed by atoms with Gasteiger partial charge in [-0.3, -0.25) is 0 Å². The van der Waals surface area contributed by atoms with Gasteiger partial charge in [0.2, 0.25) is 0 Å².